The summed E-state index contributed by atoms with van der Waals surface area (Å²) >= 11 is 5.10. The molecule has 0 aliphatic carbocycles. The zero-order valence-electron chi connectivity index (χ0n) is 3.72. The molecule has 7 heavy (non-hydrogen) atoms. The van der Waals surface area contributed by atoms with Crippen LogP contribution in [0.2, 0.25) is 0 Å². The third kappa shape index (κ3) is 3.76. The number of alkyl halides is 1. The molecule has 0 rings (SSSR count). The molecule has 3 heteroatoms. The topological polar surface area (TPSA) is 37.3 Å². The Labute approximate surface area is 47.1 Å². The van der Waals surface area contributed by atoms with E-state index < -0.39 is 6.10 Å². The van der Waals surface area contributed by atoms with E-state index in [-0.39, 0.29) is 12.3 Å². The third-order valence-electron chi connectivity index (χ3n) is 0.497. The number of rotatable bonds is 3. The van der Waals surface area contributed by atoms with E-state index in [2.05, 4.69) is 0 Å². The third-order valence-corrected chi connectivity index (χ3v) is 0.853. The molecule has 0 spiro atoms. The second-order valence-electron chi connectivity index (χ2n) is 1.16. The average Bonchev–Trinajstić information content (AvgIpc) is 1.68. The number of carbonyl (C=O) groups excluding carboxylic acids is 1. The summed E-state index contributed by atoms with van der Waals surface area (Å²) in [6, 6.07) is 0. The van der Waals surface area contributed by atoms with Crippen molar-refractivity contribution in [1.82, 2.24) is 0 Å². The summed E-state index contributed by atoms with van der Waals surface area (Å²) < 4.78 is 0. The van der Waals surface area contributed by atoms with Gasteiger partial charge in [0.2, 0.25) is 6.29 Å². The van der Waals surface area contributed by atoms with Crippen molar-refractivity contribution in [3.63, 3.8) is 0 Å². The van der Waals surface area contributed by atoms with Crippen LogP contribution in [-0.2, 0) is 4.79 Å². The highest BCUT2D eigenvalue weighted by Crippen LogP contribution is 1.88. The van der Waals surface area contributed by atoms with E-state index in [1.807, 2.05) is 0 Å². The molecule has 0 fully saturated rings. The summed E-state index contributed by atoms with van der Waals surface area (Å²) in [6.45, 7) is 0. The molecule has 0 bridgehead atoms. The summed E-state index contributed by atoms with van der Waals surface area (Å²) in [4.78, 5) is 9.43. The van der Waals surface area contributed by atoms with Gasteiger partial charge in [-0.05, 0) is 0 Å². The van der Waals surface area contributed by atoms with Crippen LogP contribution in [0, 0.1) is 0 Å². The Bertz CT molecular complexity index is 55.7. The van der Waals surface area contributed by atoms with Crippen LogP contribution in [-0.4, -0.2) is 23.4 Å². The van der Waals surface area contributed by atoms with Crippen molar-refractivity contribution in [2.24, 2.45) is 0 Å². The molecule has 41 valence electrons. The van der Waals surface area contributed by atoms with Crippen LogP contribution in [0.5, 0.6) is 0 Å². The lowest BCUT2D eigenvalue weighted by Gasteiger charge is -1.95. The second-order valence-corrected chi connectivity index (χ2v) is 1.47. The highest BCUT2D eigenvalue weighted by molar-refractivity contribution is 6.18. The van der Waals surface area contributed by atoms with Gasteiger partial charge in [0, 0.05) is 12.3 Å². The van der Waals surface area contributed by atoms with E-state index in [0.29, 0.717) is 0 Å². The number of hydrogen-bond acceptors (Lipinski definition) is 2. The van der Waals surface area contributed by atoms with Crippen LogP contribution >= 0.6 is 11.6 Å². The molecule has 0 heterocycles. The van der Waals surface area contributed by atoms with Crippen LogP contribution in [0.15, 0.2) is 0 Å². The summed E-state index contributed by atoms with van der Waals surface area (Å²) in [5.41, 5.74) is 0. The molecule has 2 nitrogen and oxygen atoms in total. The molecule has 0 aromatic carbocycles. The lowest BCUT2D eigenvalue weighted by molar-refractivity contribution is 0.205. The summed E-state index contributed by atoms with van der Waals surface area (Å²) in [5.74, 6) is 0.106. The standard InChI is InChI=1S/C4H6ClO2/c5-3-4(7)1-2-6/h4,7H,1,3H2/t4-/m0/s1. The van der Waals surface area contributed by atoms with E-state index in [4.69, 9.17) is 16.7 Å². The molecule has 0 saturated carbocycles. The van der Waals surface area contributed by atoms with Crippen LogP contribution in [0.1, 0.15) is 6.42 Å². The first-order valence-corrected chi connectivity index (χ1v) is 2.43. The van der Waals surface area contributed by atoms with Gasteiger partial charge in [0.15, 0.2) is 0 Å². The zero-order chi connectivity index (χ0) is 5.70. The molecular formula is C4H6ClO2. The molecule has 1 atom stereocenters. The first kappa shape index (κ1) is 6.92. The fourth-order valence-electron chi connectivity index (χ4n) is 0.151. The molecule has 0 aromatic rings. The van der Waals surface area contributed by atoms with Crippen LogP contribution in [0.3, 0.4) is 0 Å². The Kier molecular flexibility index (Phi) is 4.04. The Morgan fingerprint density at radius 3 is 2.57 bits per heavy atom. The van der Waals surface area contributed by atoms with E-state index in [9.17, 15) is 4.79 Å². The normalized spacial score (nSPS) is 13.4. The van der Waals surface area contributed by atoms with Gasteiger partial charge in [0.25, 0.3) is 0 Å². The molecule has 1 radical (unpaired) electrons. The van der Waals surface area contributed by atoms with Gasteiger partial charge >= 0.3 is 0 Å². The maximum atomic E-state index is 9.43. The van der Waals surface area contributed by atoms with Gasteiger partial charge < -0.3 is 5.11 Å². The highest BCUT2D eigenvalue weighted by Gasteiger charge is 1.97. The van der Waals surface area contributed by atoms with E-state index >= 15 is 0 Å². The average molecular weight is 122 g/mol. The molecule has 0 amide bonds. The molecule has 0 aliphatic heterocycles. The maximum Gasteiger partial charge on any atom is 0.201 e. The van der Waals surface area contributed by atoms with E-state index in [1.54, 1.807) is 0 Å². The largest absolute Gasteiger partial charge is 0.391 e. The number of aliphatic hydroxyl groups is 1. The molecule has 1 N–H and O–H groups in total. The van der Waals surface area contributed by atoms with Gasteiger partial charge in [0.1, 0.15) is 0 Å². The number of halogens is 1. The SMILES string of the molecule is O=[C]C[C@H](O)CCl. The van der Waals surface area contributed by atoms with Gasteiger partial charge in [-0.2, -0.15) is 0 Å². The molecule has 0 aliphatic rings. The Hall–Kier alpha value is -0.0800. The van der Waals surface area contributed by atoms with Crippen LogP contribution in [0.4, 0.5) is 0 Å². The predicted molar refractivity (Wildman–Crippen MR) is 27.0 cm³/mol. The van der Waals surface area contributed by atoms with Gasteiger partial charge in [-0.1, -0.05) is 0 Å². The van der Waals surface area contributed by atoms with Crippen molar-refractivity contribution in [1.29, 1.82) is 0 Å². The van der Waals surface area contributed by atoms with Crippen molar-refractivity contribution in [2.45, 2.75) is 12.5 Å². The number of aliphatic hydroxyl groups excluding tert-OH is 1. The van der Waals surface area contributed by atoms with Gasteiger partial charge in [-0.25, -0.2) is 0 Å². The van der Waals surface area contributed by atoms with E-state index in [0.717, 1.165) is 0 Å². The molecular weight excluding hydrogens is 115 g/mol. The van der Waals surface area contributed by atoms with Crippen LogP contribution < -0.4 is 0 Å². The summed E-state index contributed by atoms with van der Waals surface area (Å²) in [6.07, 6.45) is 0.842. The zero-order valence-corrected chi connectivity index (χ0v) is 4.48. The van der Waals surface area contributed by atoms with Crippen molar-refractivity contribution in [2.75, 3.05) is 5.88 Å². The van der Waals surface area contributed by atoms with Crippen LogP contribution in [0.25, 0.3) is 0 Å². The fraction of sp³-hybridized carbons (Fsp3) is 0.750. The van der Waals surface area contributed by atoms with Gasteiger partial charge in [0.05, 0.1) is 6.10 Å². The summed E-state index contributed by atoms with van der Waals surface area (Å²) in [5, 5.41) is 8.46. The minimum Gasteiger partial charge on any atom is -0.391 e. The molecule has 0 saturated heterocycles. The van der Waals surface area contributed by atoms with E-state index in [1.165, 1.54) is 6.29 Å². The van der Waals surface area contributed by atoms with Gasteiger partial charge in [-0.3, -0.25) is 4.79 Å². The van der Waals surface area contributed by atoms with Crippen molar-refractivity contribution in [3.8, 4) is 0 Å². The molecule has 0 unspecified atom stereocenters. The lowest BCUT2D eigenvalue weighted by Crippen LogP contribution is -2.07. The first-order valence-electron chi connectivity index (χ1n) is 1.90. The van der Waals surface area contributed by atoms with Crippen molar-refractivity contribution < 1.29 is 9.90 Å². The second kappa shape index (κ2) is 4.09. The predicted octanol–water partition coefficient (Wildman–Crippen LogP) is 0.0859. The first-order chi connectivity index (χ1) is 3.31. The fourth-order valence-corrected chi connectivity index (χ4v) is 0.260. The summed E-state index contributed by atoms with van der Waals surface area (Å²) in [7, 11) is 0. The quantitative estimate of drug-likeness (QED) is 0.538. The monoisotopic (exact) mass is 121 g/mol. The van der Waals surface area contributed by atoms with Crippen molar-refractivity contribution in [3.05, 3.63) is 0 Å². The molecule has 0 aromatic heterocycles. The Balaban J connectivity index is 2.98. The van der Waals surface area contributed by atoms with Gasteiger partial charge in [-0.15, -0.1) is 11.6 Å². The van der Waals surface area contributed by atoms with Crippen molar-refractivity contribution >= 4 is 17.9 Å². The maximum absolute atomic E-state index is 9.43. The Morgan fingerprint density at radius 2 is 2.43 bits per heavy atom. The Morgan fingerprint density at radius 1 is 1.86 bits per heavy atom. The minimum absolute atomic E-state index is 0.0174. The minimum atomic E-state index is -0.709. The smallest absolute Gasteiger partial charge is 0.201 e. The number of hydrogen-bond donors (Lipinski definition) is 1. The highest BCUT2D eigenvalue weighted by atomic mass is 35.5. The lowest BCUT2D eigenvalue weighted by atomic mass is 10.3.